The van der Waals surface area contributed by atoms with Crippen molar-refractivity contribution in [3.63, 3.8) is 0 Å². The first-order valence-electron chi connectivity index (χ1n) is 4.62. The number of aromatic nitrogens is 3. The van der Waals surface area contributed by atoms with Gasteiger partial charge >= 0.3 is 6.18 Å². The van der Waals surface area contributed by atoms with E-state index < -0.39 is 12.0 Å². The zero-order chi connectivity index (χ0) is 12.6. The Kier molecular flexibility index (Phi) is 2.94. The molecule has 90 valence electrons. The van der Waals surface area contributed by atoms with Crippen molar-refractivity contribution in [2.24, 2.45) is 7.05 Å². The number of halogens is 4. The van der Waals surface area contributed by atoms with Gasteiger partial charge in [0.25, 0.3) is 5.82 Å². The van der Waals surface area contributed by atoms with Gasteiger partial charge in [-0.25, -0.2) is 9.67 Å². The third-order valence-corrected chi connectivity index (χ3v) is 2.65. The van der Waals surface area contributed by atoms with Crippen LogP contribution in [0.3, 0.4) is 0 Å². The van der Waals surface area contributed by atoms with Crippen molar-refractivity contribution >= 4 is 15.9 Å². The lowest BCUT2D eigenvalue weighted by Gasteiger charge is -1.99. The molecule has 0 aliphatic rings. The summed E-state index contributed by atoms with van der Waals surface area (Å²) in [6.07, 6.45) is -4.52. The van der Waals surface area contributed by atoms with Crippen molar-refractivity contribution in [2.45, 2.75) is 6.18 Å². The smallest absolute Gasteiger partial charge is 0.248 e. The van der Waals surface area contributed by atoms with Crippen molar-refractivity contribution in [1.29, 1.82) is 0 Å². The highest BCUT2D eigenvalue weighted by molar-refractivity contribution is 9.10. The summed E-state index contributed by atoms with van der Waals surface area (Å²) in [4.78, 5) is 3.49. The zero-order valence-electron chi connectivity index (χ0n) is 8.66. The summed E-state index contributed by atoms with van der Waals surface area (Å²) in [5.74, 6) is -0.942. The number of nitrogens with zero attached hydrogens (tertiary/aromatic N) is 3. The average molecular weight is 306 g/mol. The second-order valence-corrected chi connectivity index (χ2v) is 4.30. The zero-order valence-corrected chi connectivity index (χ0v) is 10.2. The molecule has 0 saturated heterocycles. The molecule has 0 saturated carbocycles. The van der Waals surface area contributed by atoms with E-state index in [1.807, 2.05) is 0 Å². The Morgan fingerprint density at radius 2 is 1.76 bits per heavy atom. The number of alkyl halides is 3. The molecule has 1 aromatic heterocycles. The highest BCUT2D eigenvalue weighted by Crippen LogP contribution is 2.28. The van der Waals surface area contributed by atoms with Crippen molar-refractivity contribution in [3.05, 3.63) is 34.6 Å². The molecule has 0 aliphatic carbocycles. The maximum absolute atomic E-state index is 12.4. The van der Waals surface area contributed by atoms with E-state index in [-0.39, 0.29) is 5.82 Å². The van der Waals surface area contributed by atoms with Crippen LogP contribution in [0.4, 0.5) is 13.2 Å². The van der Waals surface area contributed by atoms with E-state index in [0.717, 1.165) is 9.15 Å². The van der Waals surface area contributed by atoms with Gasteiger partial charge in [0.15, 0.2) is 5.82 Å². The summed E-state index contributed by atoms with van der Waals surface area (Å²) in [5.41, 5.74) is 0.582. The van der Waals surface area contributed by atoms with Crippen LogP contribution < -0.4 is 0 Å². The minimum atomic E-state index is -4.52. The van der Waals surface area contributed by atoms with Gasteiger partial charge in [-0.1, -0.05) is 28.1 Å². The molecule has 1 heterocycles. The summed E-state index contributed by atoms with van der Waals surface area (Å²) in [6.45, 7) is 0. The predicted molar refractivity (Wildman–Crippen MR) is 59.1 cm³/mol. The standard InChI is InChI=1S/C10H7BrF3N3/c1-17-8(6-2-4-7(11)5-3-6)15-9(16-17)10(12,13)14/h2-5H,1H3. The van der Waals surface area contributed by atoms with Gasteiger partial charge in [-0.15, -0.1) is 5.10 Å². The van der Waals surface area contributed by atoms with Crippen LogP contribution in [-0.4, -0.2) is 14.8 Å². The van der Waals surface area contributed by atoms with Crippen LogP contribution in [0.25, 0.3) is 11.4 Å². The topological polar surface area (TPSA) is 30.7 Å². The highest BCUT2D eigenvalue weighted by Gasteiger charge is 2.36. The first-order valence-corrected chi connectivity index (χ1v) is 5.41. The molecule has 0 bridgehead atoms. The number of hydrogen-bond acceptors (Lipinski definition) is 2. The molecule has 2 aromatic rings. The lowest BCUT2D eigenvalue weighted by atomic mass is 10.2. The van der Waals surface area contributed by atoms with Gasteiger partial charge in [-0.3, -0.25) is 0 Å². The van der Waals surface area contributed by atoms with E-state index in [2.05, 4.69) is 26.0 Å². The third kappa shape index (κ3) is 2.49. The molecule has 0 radical (unpaired) electrons. The normalized spacial score (nSPS) is 11.8. The number of rotatable bonds is 1. The minimum Gasteiger partial charge on any atom is -0.248 e. The van der Waals surface area contributed by atoms with Gasteiger partial charge in [0.05, 0.1) is 0 Å². The van der Waals surface area contributed by atoms with Crippen LogP contribution in [0, 0.1) is 0 Å². The Labute approximate surface area is 103 Å². The SMILES string of the molecule is Cn1nc(C(F)(F)F)nc1-c1ccc(Br)cc1. The van der Waals surface area contributed by atoms with E-state index in [4.69, 9.17) is 0 Å². The summed E-state index contributed by atoms with van der Waals surface area (Å²) < 4.78 is 39.2. The molecule has 0 spiro atoms. The van der Waals surface area contributed by atoms with E-state index >= 15 is 0 Å². The molecule has 0 fully saturated rings. The number of benzene rings is 1. The highest BCUT2D eigenvalue weighted by atomic mass is 79.9. The molecule has 3 nitrogen and oxygen atoms in total. The Morgan fingerprint density at radius 1 is 1.18 bits per heavy atom. The first-order chi connectivity index (χ1) is 7.88. The van der Waals surface area contributed by atoms with Gasteiger partial charge in [0.2, 0.25) is 0 Å². The second-order valence-electron chi connectivity index (χ2n) is 3.39. The Bertz CT molecular complexity index is 531. The predicted octanol–water partition coefficient (Wildman–Crippen LogP) is 3.26. The van der Waals surface area contributed by atoms with E-state index in [0.29, 0.717) is 5.56 Å². The van der Waals surface area contributed by atoms with Crippen LogP contribution in [-0.2, 0) is 13.2 Å². The molecule has 17 heavy (non-hydrogen) atoms. The average Bonchev–Trinajstić information content (AvgIpc) is 2.61. The summed E-state index contributed by atoms with van der Waals surface area (Å²) >= 11 is 3.25. The summed E-state index contributed by atoms with van der Waals surface area (Å²) in [6, 6.07) is 6.82. The molecule has 0 amide bonds. The molecular formula is C10H7BrF3N3. The lowest BCUT2D eigenvalue weighted by molar-refractivity contribution is -0.144. The Morgan fingerprint density at radius 3 is 2.24 bits per heavy atom. The van der Waals surface area contributed by atoms with Crippen molar-refractivity contribution in [3.8, 4) is 11.4 Å². The quantitative estimate of drug-likeness (QED) is 0.809. The van der Waals surface area contributed by atoms with Gasteiger partial charge < -0.3 is 0 Å². The molecule has 0 unspecified atom stereocenters. The van der Waals surface area contributed by atoms with Gasteiger partial charge in [0, 0.05) is 17.1 Å². The fourth-order valence-electron chi connectivity index (χ4n) is 1.35. The third-order valence-electron chi connectivity index (χ3n) is 2.12. The lowest BCUT2D eigenvalue weighted by Crippen LogP contribution is -2.08. The van der Waals surface area contributed by atoms with E-state index in [1.165, 1.54) is 7.05 Å². The Hall–Kier alpha value is -1.37. The second kappa shape index (κ2) is 4.14. The van der Waals surface area contributed by atoms with E-state index in [9.17, 15) is 13.2 Å². The van der Waals surface area contributed by atoms with Gasteiger partial charge in [0.1, 0.15) is 0 Å². The first kappa shape index (κ1) is 12.1. The van der Waals surface area contributed by atoms with Crippen LogP contribution in [0.2, 0.25) is 0 Å². The van der Waals surface area contributed by atoms with Crippen molar-refractivity contribution in [1.82, 2.24) is 14.8 Å². The minimum absolute atomic E-state index is 0.185. The fraction of sp³-hybridized carbons (Fsp3) is 0.200. The monoisotopic (exact) mass is 305 g/mol. The van der Waals surface area contributed by atoms with Crippen LogP contribution in [0.1, 0.15) is 5.82 Å². The van der Waals surface area contributed by atoms with Crippen LogP contribution in [0.5, 0.6) is 0 Å². The largest absolute Gasteiger partial charge is 0.453 e. The fourth-order valence-corrected chi connectivity index (χ4v) is 1.62. The van der Waals surface area contributed by atoms with E-state index in [1.54, 1.807) is 24.3 Å². The molecule has 0 atom stereocenters. The van der Waals surface area contributed by atoms with Crippen molar-refractivity contribution < 1.29 is 13.2 Å². The van der Waals surface area contributed by atoms with Crippen LogP contribution >= 0.6 is 15.9 Å². The molecule has 1 aromatic carbocycles. The molecule has 7 heteroatoms. The number of aryl methyl sites for hydroxylation is 1. The maximum Gasteiger partial charge on any atom is 0.453 e. The maximum atomic E-state index is 12.4. The van der Waals surface area contributed by atoms with Crippen LogP contribution in [0.15, 0.2) is 28.7 Å². The van der Waals surface area contributed by atoms with Gasteiger partial charge in [-0.2, -0.15) is 13.2 Å². The Balaban J connectivity index is 2.46. The molecule has 0 N–H and O–H groups in total. The number of hydrogen-bond donors (Lipinski definition) is 0. The molecular weight excluding hydrogens is 299 g/mol. The van der Waals surface area contributed by atoms with Crippen molar-refractivity contribution in [2.75, 3.05) is 0 Å². The summed E-state index contributed by atoms with van der Waals surface area (Å²) in [5, 5.41) is 3.35. The summed E-state index contributed by atoms with van der Waals surface area (Å²) in [7, 11) is 1.43. The molecule has 0 aliphatic heterocycles. The molecule has 2 rings (SSSR count). The van der Waals surface area contributed by atoms with Gasteiger partial charge in [-0.05, 0) is 12.1 Å².